The fraction of sp³-hybridized carbons (Fsp3) is 0.429. The van der Waals surface area contributed by atoms with Gasteiger partial charge in [0.15, 0.2) is 23.0 Å². The molecule has 0 bridgehead atoms. The number of carbonyl (C=O) groups excluding carboxylic acids is 2. The minimum Gasteiger partial charge on any atom is -0.507 e. The highest BCUT2D eigenvalue weighted by molar-refractivity contribution is 6.46. The molecule has 202 valence electrons. The zero-order chi connectivity index (χ0) is 26.6. The van der Waals surface area contributed by atoms with E-state index in [1.165, 1.54) is 12.0 Å². The Hall–Kier alpha value is -3.76. The highest BCUT2D eigenvalue weighted by Crippen LogP contribution is 2.43. The summed E-state index contributed by atoms with van der Waals surface area (Å²) in [5.74, 6) is 0.394. The molecule has 0 aliphatic carbocycles. The standard InChI is InChI=1S/C28H32N2O8/c1-3-36-20-6-4-18(16-22(20)34-2)25-24(26(31)19-5-7-21-23(17-19)38-15-14-37-21)27(32)28(33)30(25)9-8-29-10-12-35-13-11-29/h4-7,16-17,25,31H,3,8-15H2,1-2H3/t25-/m1/s1. The van der Waals surface area contributed by atoms with Crippen LogP contribution in [-0.4, -0.2) is 92.9 Å². The summed E-state index contributed by atoms with van der Waals surface area (Å²) in [5.41, 5.74) is 1.01. The predicted molar refractivity (Wildman–Crippen MR) is 138 cm³/mol. The molecule has 2 aromatic rings. The van der Waals surface area contributed by atoms with E-state index < -0.39 is 17.7 Å². The van der Waals surface area contributed by atoms with Gasteiger partial charge in [0.2, 0.25) is 0 Å². The number of ketones is 1. The molecule has 0 spiro atoms. The molecule has 5 rings (SSSR count). The molecule has 1 atom stereocenters. The van der Waals surface area contributed by atoms with Crippen molar-refractivity contribution in [3.63, 3.8) is 0 Å². The van der Waals surface area contributed by atoms with E-state index in [1.54, 1.807) is 36.4 Å². The Morgan fingerprint density at radius 1 is 0.974 bits per heavy atom. The number of fused-ring (bicyclic) bond motifs is 1. The van der Waals surface area contributed by atoms with Crippen molar-refractivity contribution in [2.45, 2.75) is 13.0 Å². The second kappa shape index (κ2) is 11.3. The van der Waals surface area contributed by atoms with Gasteiger partial charge in [-0.3, -0.25) is 14.5 Å². The number of rotatable bonds is 8. The molecular formula is C28H32N2O8. The molecule has 0 aromatic heterocycles. The lowest BCUT2D eigenvalue weighted by Crippen LogP contribution is -2.42. The summed E-state index contributed by atoms with van der Waals surface area (Å²) in [7, 11) is 1.53. The van der Waals surface area contributed by atoms with Crippen LogP contribution in [0.5, 0.6) is 23.0 Å². The van der Waals surface area contributed by atoms with Crippen LogP contribution in [0.15, 0.2) is 42.0 Å². The fourth-order valence-corrected chi connectivity index (χ4v) is 5.01. The van der Waals surface area contributed by atoms with Crippen LogP contribution >= 0.6 is 0 Å². The second-order valence-corrected chi connectivity index (χ2v) is 9.15. The number of morpholine rings is 1. The number of amides is 1. The van der Waals surface area contributed by atoms with E-state index in [9.17, 15) is 14.7 Å². The maximum Gasteiger partial charge on any atom is 0.295 e. The third-order valence-electron chi connectivity index (χ3n) is 6.92. The highest BCUT2D eigenvalue weighted by atomic mass is 16.6. The Morgan fingerprint density at radius 3 is 2.47 bits per heavy atom. The summed E-state index contributed by atoms with van der Waals surface area (Å²) in [6, 6.07) is 9.45. The largest absolute Gasteiger partial charge is 0.507 e. The number of hydrogen-bond acceptors (Lipinski definition) is 9. The van der Waals surface area contributed by atoms with Crippen molar-refractivity contribution in [1.29, 1.82) is 0 Å². The maximum atomic E-state index is 13.4. The van der Waals surface area contributed by atoms with Gasteiger partial charge in [-0.15, -0.1) is 0 Å². The fourth-order valence-electron chi connectivity index (χ4n) is 5.01. The van der Waals surface area contributed by atoms with Crippen molar-refractivity contribution in [3.05, 3.63) is 53.1 Å². The first-order chi connectivity index (χ1) is 18.5. The van der Waals surface area contributed by atoms with Crippen LogP contribution in [0.25, 0.3) is 5.76 Å². The molecule has 2 aromatic carbocycles. The summed E-state index contributed by atoms with van der Waals surface area (Å²) in [5, 5.41) is 11.4. The van der Waals surface area contributed by atoms with Gasteiger partial charge in [-0.1, -0.05) is 6.07 Å². The lowest BCUT2D eigenvalue weighted by atomic mass is 9.94. The van der Waals surface area contributed by atoms with Crippen molar-refractivity contribution < 1.29 is 38.4 Å². The monoisotopic (exact) mass is 524 g/mol. The molecule has 0 radical (unpaired) electrons. The van der Waals surface area contributed by atoms with Gasteiger partial charge in [0, 0.05) is 31.7 Å². The molecule has 3 aliphatic heterocycles. The van der Waals surface area contributed by atoms with Crippen molar-refractivity contribution >= 4 is 17.4 Å². The predicted octanol–water partition coefficient (Wildman–Crippen LogP) is 2.62. The molecule has 1 N–H and O–H groups in total. The van der Waals surface area contributed by atoms with Crippen LogP contribution in [0.3, 0.4) is 0 Å². The summed E-state index contributed by atoms with van der Waals surface area (Å²) in [6.45, 7) is 6.80. The van der Waals surface area contributed by atoms with Crippen LogP contribution in [0.1, 0.15) is 24.1 Å². The number of hydrogen-bond donors (Lipinski definition) is 1. The number of aliphatic hydroxyl groups is 1. The summed E-state index contributed by atoms with van der Waals surface area (Å²) in [6.07, 6.45) is 0. The molecule has 3 aliphatic rings. The third kappa shape index (κ3) is 5.01. The lowest BCUT2D eigenvalue weighted by Gasteiger charge is -2.31. The van der Waals surface area contributed by atoms with E-state index in [2.05, 4.69) is 4.90 Å². The normalized spacial score (nSPS) is 21.0. The first-order valence-corrected chi connectivity index (χ1v) is 12.8. The van der Waals surface area contributed by atoms with E-state index in [-0.39, 0.29) is 11.3 Å². The van der Waals surface area contributed by atoms with Crippen molar-refractivity contribution in [2.75, 3.05) is 66.3 Å². The van der Waals surface area contributed by atoms with E-state index in [4.69, 9.17) is 23.7 Å². The Morgan fingerprint density at radius 2 is 1.74 bits per heavy atom. The number of methoxy groups -OCH3 is 1. The number of Topliss-reactive ketones (excluding diaryl/α,β-unsaturated/α-hetero) is 1. The molecule has 1 amide bonds. The average Bonchev–Trinajstić information content (AvgIpc) is 3.21. The molecule has 3 heterocycles. The van der Waals surface area contributed by atoms with Crippen LogP contribution < -0.4 is 18.9 Å². The summed E-state index contributed by atoms with van der Waals surface area (Å²) >= 11 is 0. The average molecular weight is 525 g/mol. The minimum absolute atomic E-state index is 0.0138. The number of carbonyl (C=O) groups is 2. The Balaban J connectivity index is 1.56. The molecule has 38 heavy (non-hydrogen) atoms. The van der Waals surface area contributed by atoms with Gasteiger partial charge < -0.3 is 33.7 Å². The topological polar surface area (TPSA) is 107 Å². The van der Waals surface area contributed by atoms with Gasteiger partial charge >= 0.3 is 0 Å². The second-order valence-electron chi connectivity index (χ2n) is 9.15. The molecule has 2 fully saturated rings. The van der Waals surface area contributed by atoms with Crippen molar-refractivity contribution in [2.24, 2.45) is 0 Å². The Labute approximate surface area is 221 Å². The Kier molecular flexibility index (Phi) is 7.71. The summed E-state index contributed by atoms with van der Waals surface area (Å²) in [4.78, 5) is 30.5. The van der Waals surface area contributed by atoms with Crippen molar-refractivity contribution in [1.82, 2.24) is 9.80 Å². The molecule has 10 heteroatoms. The smallest absolute Gasteiger partial charge is 0.295 e. The number of ether oxygens (including phenoxy) is 5. The third-order valence-corrected chi connectivity index (χ3v) is 6.92. The Bertz CT molecular complexity index is 1240. The van der Waals surface area contributed by atoms with E-state index in [0.29, 0.717) is 80.2 Å². The van der Waals surface area contributed by atoms with E-state index in [0.717, 1.165) is 13.1 Å². The zero-order valence-electron chi connectivity index (χ0n) is 21.6. The minimum atomic E-state index is -0.811. The number of likely N-dealkylation sites (tertiary alicyclic amines) is 1. The quantitative estimate of drug-likeness (QED) is 0.317. The highest BCUT2D eigenvalue weighted by Gasteiger charge is 2.46. The molecule has 2 saturated heterocycles. The van der Waals surface area contributed by atoms with Gasteiger partial charge in [0.25, 0.3) is 11.7 Å². The van der Waals surface area contributed by atoms with Crippen LogP contribution in [0.4, 0.5) is 0 Å². The number of benzene rings is 2. The number of nitrogens with zero attached hydrogens (tertiary/aromatic N) is 2. The van der Waals surface area contributed by atoms with E-state index >= 15 is 0 Å². The molecule has 10 nitrogen and oxygen atoms in total. The number of aliphatic hydroxyl groups excluding tert-OH is 1. The SMILES string of the molecule is CCOc1ccc([C@@H]2C(=C(O)c3ccc4c(c3)OCCO4)C(=O)C(=O)N2CCN2CCOCC2)cc1OC. The van der Waals surface area contributed by atoms with Gasteiger partial charge in [-0.05, 0) is 42.8 Å². The van der Waals surface area contributed by atoms with Crippen LogP contribution in [0, 0.1) is 0 Å². The summed E-state index contributed by atoms with van der Waals surface area (Å²) < 4.78 is 27.9. The molecule has 0 unspecified atom stereocenters. The maximum absolute atomic E-state index is 13.4. The van der Waals surface area contributed by atoms with Crippen LogP contribution in [0.2, 0.25) is 0 Å². The van der Waals surface area contributed by atoms with Gasteiger partial charge in [0.05, 0.1) is 38.5 Å². The molecule has 0 saturated carbocycles. The first-order valence-electron chi connectivity index (χ1n) is 12.8. The van der Waals surface area contributed by atoms with Crippen molar-refractivity contribution in [3.8, 4) is 23.0 Å². The lowest BCUT2D eigenvalue weighted by molar-refractivity contribution is -0.140. The molecular weight excluding hydrogens is 492 g/mol. The van der Waals surface area contributed by atoms with E-state index in [1.807, 2.05) is 6.92 Å². The van der Waals surface area contributed by atoms with Gasteiger partial charge in [-0.2, -0.15) is 0 Å². The zero-order valence-corrected chi connectivity index (χ0v) is 21.6. The first kappa shape index (κ1) is 25.9. The van der Waals surface area contributed by atoms with Gasteiger partial charge in [-0.25, -0.2) is 0 Å². The van der Waals surface area contributed by atoms with Gasteiger partial charge in [0.1, 0.15) is 19.0 Å². The van der Waals surface area contributed by atoms with Crippen LogP contribution in [-0.2, 0) is 14.3 Å².